The highest BCUT2D eigenvalue weighted by atomic mass is 32.1. The number of carbonyl (C=O) groups is 1. The first-order valence-corrected chi connectivity index (χ1v) is 9.23. The van der Waals surface area contributed by atoms with Crippen molar-refractivity contribution in [1.82, 2.24) is 10.2 Å². The highest BCUT2D eigenvalue weighted by Gasteiger charge is 2.09. The van der Waals surface area contributed by atoms with Crippen molar-refractivity contribution in [2.24, 2.45) is 0 Å². The molecule has 3 aromatic rings. The first-order valence-electron chi connectivity index (χ1n) is 7.53. The van der Waals surface area contributed by atoms with E-state index >= 15 is 0 Å². The van der Waals surface area contributed by atoms with Crippen LogP contribution in [0.25, 0.3) is 0 Å². The first kappa shape index (κ1) is 16.6. The van der Waals surface area contributed by atoms with Gasteiger partial charge in [0.2, 0.25) is 11.0 Å². The zero-order valence-electron chi connectivity index (χ0n) is 13.2. The molecule has 0 saturated heterocycles. The van der Waals surface area contributed by atoms with E-state index < -0.39 is 0 Å². The Kier molecular flexibility index (Phi) is 5.55. The standard InChI is InChI=1S/C17H17N3O2S2/c1-12-4-2-5-13(10-12)22-8-7-16-19-20-17(24-16)18-15(21)11-14-6-3-9-23-14/h2-6,9-10H,7-8,11H2,1H3,(H,18,20,21). The molecule has 0 saturated carbocycles. The van der Waals surface area contributed by atoms with Gasteiger partial charge in [0.15, 0.2) is 0 Å². The predicted molar refractivity (Wildman–Crippen MR) is 96.9 cm³/mol. The summed E-state index contributed by atoms with van der Waals surface area (Å²) in [6.07, 6.45) is 1.02. The lowest BCUT2D eigenvalue weighted by Crippen LogP contribution is -2.13. The molecule has 7 heteroatoms. The fraction of sp³-hybridized carbons (Fsp3) is 0.235. The average Bonchev–Trinajstić information content (AvgIpc) is 3.19. The third-order valence-electron chi connectivity index (χ3n) is 3.20. The van der Waals surface area contributed by atoms with Gasteiger partial charge in [-0.3, -0.25) is 4.79 Å². The number of nitrogens with zero attached hydrogens (tertiary/aromatic N) is 2. The van der Waals surface area contributed by atoms with E-state index in [1.165, 1.54) is 16.9 Å². The number of anilines is 1. The Hall–Kier alpha value is -2.25. The minimum atomic E-state index is -0.0730. The minimum absolute atomic E-state index is 0.0730. The van der Waals surface area contributed by atoms with Crippen molar-refractivity contribution in [3.63, 3.8) is 0 Å². The number of thiophene rings is 1. The van der Waals surface area contributed by atoms with Crippen LogP contribution < -0.4 is 10.1 Å². The third-order valence-corrected chi connectivity index (χ3v) is 4.98. The number of nitrogens with one attached hydrogen (secondary N) is 1. The Morgan fingerprint density at radius 1 is 1.25 bits per heavy atom. The molecule has 3 rings (SSSR count). The number of benzene rings is 1. The second kappa shape index (κ2) is 8.03. The summed E-state index contributed by atoms with van der Waals surface area (Å²) < 4.78 is 5.70. The van der Waals surface area contributed by atoms with Crippen LogP contribution in [-0.2, 0) is 17.6 Å². The molecule has 1 amide bonds. The minimum Gasteiger partial charge on any atom is -0.493 e. The number of aryl methyl sites for hydroxylation is 1. The van der Waals surface area contributed by atoms with Gasteiger partial charge in [0.25, 0.3) is 0 Å². The van der Waals surface area contributed by atoms with E-state index in [9.17, 15) is 4.79 Å². The lowest BCUT2D eigenvalue weighted by molar-refractivity contribution is -0.115. The monoisotopic (exact) mass is 359 g/mol. The molecule has 1 N–H and O–H groups in total. The van der Waals surface area contributed by atoms with E-state index in [0.717, 1.165) is 15.6 Å². The third kappa shape index (κ3) is 4.87. The van der Waals surface area contributed by atoms with Crippen LogP contribution in [0.3, 0.4) is 0 Å². The van der Waals surface area contributed by atoms with Crippen molar-refractivity contribution >= 4 is 33.7 Å². The zero-order valence-corrected chi connectivity index (χ0v) is 14.8. The van der Waals surface area contributed by atoms with E-state index in [1.807, 2.05) is 48.7 Å². The van der Waals surface area contributed by atoms with Crippen molar-refractivity contribution in [2.75, 3.05) is 11.9 Å². The fourth-order valence-electron chi connectivity index (χ4n) is 2.10. The summed E-state index contributed by atoms with van der Waals surface area (Å²) in [4.78, 5) is 13.0. The number of aromatic nitrogens is 2. The number of hydrogen-bond acceptors (Lipinski definition) is 6. The molecule has 1 aromatic carbocycles. The van der Waals surface area contributed by atoms with Crippen LogP contribution in [0.2, 0.25) is 0 Å². The van der Waals surface area contributed by atoms with E-state index in [4.69, 9.17) is 4.74 Å². The molecule has 0 bridgehead atoms. The quantitative estimate of drug-likeness (QED) is 0.698. The maximum absolute atomic E-state index is 11.9. The largest absolute Gasteiger partial charge is 0.493 e. The summed E-state index contributed by atoms with van der Waals surface area (Å²) in [7, 11) is 0. The summed E-state index contributed by atoms with van der Waals surface area (Å²) >= 11 is 2.95. The van der Waals surface area contributed by atoms with E-state index in [2.05, 4.69) is 15.5 Å². The van der Waals surface area contributed by atoms with E-state index in [0.29, 0.717) is 24.6 Å². The predicted octanol–water partition coefficient (Wildman–Crippen LogP) is 3.71. The molecular weight excluding hydrogens is 342 g/mol. The number of rotatable bonds is 7. The Bertz CT molecular complexity index is 800. The number of ether oxygens (including phenoxy) is 1. The molecule has 0 aliphatic heterocycles. The van der Waals surface area contributed by atoms with Crippen molar-refractivity contribution < 1.29 is 9.53 Å². The zero-order chi connectivity index (χ0) is 16.8. The van der Waals surface area contributed by atoms with Crippen LogP contribution >= 0.6 is 22.7 Å². The van der Waals surface area contributed by atoms with Gasteiger partial charge in [-0.2, -0.15) is 0 Å². The average molecular weight is 359 g/mol. The molecule has 5 nitrogen and oxygen atoms in total. The summed E-state index contributed by atoms with van der Waals surface area (Å²) in [6.45, 7) is 2.56. The first-order chi connectivity index (χ1) is 11.7. The van der Waals surface area contributed by atoms with Gasteiger partial charge in [-0.05, 0) is 36.1 Å². The SMILES string of the molecule is Cc1cccc(OCCc2nnc(NC(=O)Cc3cccs3)s2)c1. The lowest BCUT2D eigenvalue weighted by atomic mass is 10.2. The van der Waals surface area contributed by atoms with E-state index in [1.54, 1.807) is 11.3 Å². The van der Waals surface area contributed by atoms with Gasteiger partial charge in [-0.25, -0.2) is 0 Å². The molecule has 124 valence electrons. The van der Waals surface area contributed by atoms with Crippen molar-refractivity contribution in [3.8, 4) is 5.75 Å². The maximum atomic E-state index is 11.9. The van der Waals surface area contributed by atoms with Gasteiger partial charge >= 0.3 is 0 Å². The van der Waals surface area contributed by atoms with Crippen molar-refractivity contribution in [1.29, 1.82) is 0 Å². The molecular formula is C17H17N3O2S2. The molecule has 0 aliphatic rings. The van der Waals surface area contributed by atoms with Crippen LogP contribution in [-0.4, -0.2) is 22.7 Å². The Balaban J connectivity index is 1.46. The molecule has 0 spiro atoms. The number of amides is 1. The van der Waals surface area contributed by atoms with Crippen LogP contribution in [0, 0.1) is 6.92 Å². The summed E-state index contributed by atoms with van der Waals surface area (Å²) in [6, 6.07) is 11.8. The van der Waals surface area contributed by atoms with Gasteiger partial charge in [0, 0.05) is 11.3 Å². The Morgan fingerprint density at radius 2 is 2.17 bits per heavy atom. The van der Waals surface area contributed by atoms with Gasteiger partial charge in [-0.1, -0.05) is 29.5 Å². The van der Waals surface area contributed by atoms with Crippen LogP contribution in [0.5, 0.6) is 5.75 Å². The normalized spacial score (nSPS) is 10.5. The molecule has 2 heterocycles. The molecule has 0 fully saturated rings. The highest BCUT2D eigenvalue weighted by Crippen LogP contribution is 2.18. The van der Waals surface area contributed by atoms with Gasteiger partial charge in [0.1, 0.15) is 10.8 Å². The van der Waals surface area contributed by atoms with Crippen LogP contribution in [0.4, 0.5) is 5.13 Å². The van der Waals surface area contributed by atoms with Crippen LogP contribution in [0.1, 0.15) is 15.4 Å². The molecule has 0 radical (unpaired) electrons. The summed E-state index contributed by atoms with van der Waals surface area (Å²) in [5.41, 5.74) is 1.17. The summed E-state index contributed by atoms with van der Waals surface area (Å²) in [5, 5.41) is 14.2. The molecule has 0 unspecified atom stereocenters. The smallest absolute Gasteiger partial charge is 0.231 e. The molecule has 0 atom stereocenters. The Labute approximate surface area is 148 Å². The van der Waals surface area contributed by atoms with E-state index in [-0.39, 0.29) is 5.91 Å². The van der Waals surface area contributed by atoms with Crippen LogP contribution in [0.15, 0.2) is 41.8 Å². The Morgan fingerprint density at radius 3 is 2.96 bits per heavy atom. The van der Waals surface area contributed by atoms with Gasteiger partial charge in [-0.15, -0.1) is 21.5 Å². The molecule has 0 aliphatic carbocycles. The lowest BCUT2D eigenvalue weighted by Gasteiger charge is -2.04. The second-order valence-electron chi connectivity index (χ2n) is 5.22. The second-order valence-corrected chi connectivity index (χ2v) is 7.31. The maximum Gasteiger partial charge on any atom is 0.231 e. The van der Waals surface area contributed by atoms with Crippen molar-refractivity contribution in [3.05, 3.63) is 57.2 Å². The summed E-state index contributed by atoms with van der Waals surface area (Å²) in [5.74, 6) is 0.778. The van der Waals surface area contributed by atoms with Gasteiger partial charge in [0.05, 0.1) is 13.0 Å². The number of hydrogen-bond donors (Lipinski definition) is 1. The topological polar surface area (TPSA) is 64.1 Å². The highest BCUT2D eigenvalue weighted by molar-refractivity contribution is 7.15. The fourth-order valence-corrected chi connectivity index (χ4v) is 3.54. The van der Waals surface area contributed by atoms with Gasteiger partial charge < -0.3 is 10.1 Å². The molecule has 24 heavy (non-hydrogen) atoms. The van der Waals surface area contributed by atoms with Crippen molar-refractivity contribution in [2.45, 2.75) is 19.8 Å². The number of carbonyl (C=O) groups excluding carboxylic acids is 1. The molecule has 2 aromatic heterocycles.